The van der Waals surface area contributed by atoms with Crippen molar-refractivity contribution in [1.82, 2.24) is 24.1 Å². The average Bonchev–Trinajstić information content (AvgIpc) is 3.24. The molecule has 5 N–H and O–H groups in total. The van der Waals surface area contributed by atoms with Gasteiger partial charge in [-0.1, -0.05) is 18.2 Å². The van der Waals surface area contributed by atoms with Crippen LogP contribution in [0.25, 0.3) is 11.2 Å². The molecule has 5 aromatic rings. The first-order valence-corrected chi connectivity index (χ1v) is 11.6. The number of phenolic OH excluding ortho intramolecular Hbond substituents is 1. The van der Waals surface area contributed by atoms with Gasteiger partial charge in [0, 0.05) is 24.0 Å². The molecule has 0 spiro atoms. The second-order valence-electron chi connectivity index (χ2n) is 8.63. The number of carbonyl (C=O) groups excluding carboxylic acids is 1. The van der Waals surface area contributed by atoms with Crippen LogP contribution in [0.15, 0.2) is 71.9 Å². The van der Waals surface area contributed by atoms with Gasteiger partial charge < -0.3 is 21.5 Å². The Morgan fingerprint density at radius 3 is 2.63 bits per heavy atom. The Balaban J connectivity index is 1.56. The van der Waals surface area contributed by atoms with Crippen molar-refractivity contribution < 1.29 is 14.3 Å². The summed E-state index contributed by atoms with van der Waals surface area (Å²) in [5, 5.41) is 20.0. The van der Waals surface area contributed by atoms with E-state index in [1.165, 1.54) is 21.5 Å². The minimum absolute atomic E-state index is 0.0164. The first-order valence-electron chi connectivity index (χ1n) is 11.6. The number of halogens is 1. The standard InChI is InChI=1S/C26H23FN8O3/c1-14-8-9-34-21(14)26(38)35(18-6-4-3-5-7-18)24(33-34)15(2)31-23-20(22(28)29-13-30-23)25(37)32-17-10-16(27)11-19(36)12-17/h3-13,15,36H,1-2H3,(H,32,37)(H3,28,29,30,31)/t15-/m0/s1. The number of phenols is 1. The smallest absolute Gasteiger partial charge is 0.282 e. The number of aryl methyl sites for hydroxylation is 1. The Labute approximate surface area is 215 Å². The van der Waals surface area contributed by atoms with Crippen LogP contribution < -0.4 is 21.9 Å². The van der Waals surface area contributed by atoms with E-state index in [0.717, 1.165) is 17.7 Å². The first-order chi connectivity index (χ1) is 18.2. The summed E-state index contributed by atoms with van der Waals surface area (Å²) in [5.41, 5.74) is 7.51. The quantitative estimate of drug-likeness (QED) is 0.269. The van der Waals surface area contributed by atoms with E-state index in [0.29, 0.717) is 17.0 Å². The number of carbonyl (C=O) groups is 1. The van der Waals surface area contributed by atoms with Crippen molar-refractivity contribution in [3.63, 3.8) is 0 Å². The number of anilines is 3. The minimum Gasteiger partial charge on any atom is -0.508 e. The largest absolute Gasteiger partial charge is 0.508 e. The molecule has 0 bridgehead atoms. The van der Waals surface area contributed by atoms with E-state index in [1.54, 1.807) is 31.3 Å². The lowest BCUT2D eigenvalue weighted by atomic mass is 10.2. The Kier molecular flexibility index (Phi) is 6.21. The molecular formula is C26H23FN8O3. The highest BCUT2D eigenvalue weighted by Crippen LogP contribution is 2.26. The molecular weight excluding hydrogens is 491 g/mol. The molecule has 0 aliphatic carbocycles. The second-order valence-corrected chi connectivity index (χ2v) is 8.63. The molecule has 11 nitrogen and oxygen atoms in total. The molecule has 0 aliphatic heterocycles. The number of para-hydroxylation sites is 1. The van der Waals surface area contributed by atoms with Crippen molar-refractivity contribution in [2.24, 2.45) is 0 Å². The highest BCUT2D eigenvalue weighted by Gasteiger charge is 2.24. The zero-order valence-electron chi connectivity index (χ0n) is 20.4. The summed E-state index contributed by atoms with van der Waals surface area (Å²) in [6.07, 6.45) is 2.89. The van der Waals surface area contributed by atoms with Crippen LogP contribution in [0.3, 0.4) is 0 Å². The fraction of sp³-hybridized carbons (Fsp3) is 0.115. The zero-order valence-corrected chi connectivity index (χ0v) is 20.4. The van der Waals surface area contributed by atoms with Crippen molar-refractivity contribution >= 4 is 28.7 Å². The van der Waals surface area contributed by atoms with Gasteiger partial charge in [0.15, 0.2) is 5.82 Å². The van der Waals surface area contributed by atoms with Crippen LogP contribution in [0.2, 0.25) is 0 Å². The third-order valence-electron chi connectivity index (χ3n) is 5.91. The molecule has 0 radical (unpaired) electrons. The van der Waals surface area contributed by atoms with Gasteiger partial charge >= 0.3 is 0 Å². The van der Waals surface area contributed by atoms with E-state index < -0.39 is 17.8 Å². The number of amides is 1. The second kappa shape index (κ2) is 9.65. The summed E-state index contributed by atoms with van der Waals surface area (Å²) >= 11 is 0. The van der Waals surface area contributed by atoms with Crippen LogP contribution in [0.5, 0.6) is 5.75 Å². The van der Waals surface area contributed by atoms with E-state index in [9.17, 15) is 19.1 Å². The molecule has 0 saturated carbocycles. The Morgan fingerprint density at radius 1 is 1.13 bits per heavy atom. The third-order valence-corrected chi connectivity index (χ3v) is 5.91. The predicted molar refractivity (Wildman–Crippen MR) is 140 cm³/mol. The van der Waals surface area contributed by atoms with Gasteiger partial charge in [-0.05, 0) is 43.7 Å². The Morgan fingerprint density at radius 2 is 1.89 bits per heavy atom. The number of nitrogens with zero attached hydrogens (tertiary/aromatic N) is 5. The highest BCUT2D eigenvalue weighted by atomic mass is 19.1. The molecule has 12 heteroatoms. The van der Waals surface area contributed by atoms with Gasteiger partial charge in [-0.25, -0.2) is 18.9 Å². The van der Waals surface area contributed by atoms with E-state index >= 15 is 0 Å². The van der Waals surface area contributed by atoms with Gasteiger partial charge in [0.05, 0.1) is 11.7 Å². The maximum absolute atomic E-state index is 13.7. The van der Waals surface area contributed by atoms with E-state index in [4.69, 9.17) is 5.73 Å². The number of nitrogen functional groups attached to an aromatic ring is 1. The van der Waals surface area contributed by atoms with Crippen LogP contribution in [-0.4, -0.2) is 35.2 Å². The molecule has 1 amide bonds. The van der Waals surface area contributed by atoms with Gasteiger partial charge in [-0.15, -0.1) is 0 Å². The fourth-order valence-corrected chi connectivity index (χ4v) is 4.18. The lowest BCUT2D eigenvalue weighted by Gasteiger charge is -2.21. The maximum Gasteiger partial charge on any atom is 0.282 e. The van der Waals surface area contributed by atoms with Crippen molar-refractivity contribution in [2.75, 3.05) is 16.4 Å². The molecule has 3 aromatic heterocycles. The molecule has 0 saturated heterocycles. The number of nitrogens with one attached hydrogen (secondary N) is 2. The predicted octanol–water partition coefficient (Wildman–Crippen LogP) is 3.44. The van der Waals surface area contributed by atoms with Crippen LogP contribution in [0.4, 0.5) is 21.7 Å². The lowest BCUT2D eigenvalue weighted by Crippen LogP contribution is -2.30. The first kappa shape index (κ1) is 24.4. The summed E-state index contributed by atoms with van der Waals surface area (Å²) in [4.78, 5) is 34.8. The minimum atomic E-state index is -0.731. The number of aromatic hydroxyl groups is 1. The van der Waals surface area contributed by atoms with Crippen LogP contribution >= 0.6 is 0 Å². The number of aromatic nitrogens is 5. The number of hydrogen-bond acceptors (Lipinski definition) is 8. The van der Waals surface area contributed by atoms with Crippen molar-refractivity contribution in [1.29, 1.82) is 0 Å². The molecule has 2 aromatic carbocycles. The van der Waals surface area contributed by atoms with E-state index in [1.807, 2.05) is 25.1 Å². The van der Waals surface area contributed by atoms with Crippen LogP contribution in [0, 0.1) is 12.7 Å². The molecule has 0 aliphatic rings. The highest BCUT2D eigenvalue weighted by molar-refractivity contribution is 6.10. The monoisotopic (exact) mass is 514 g/mol. The van der Waals surface area contributed by atoms with Crippen molar-refractivity contribution in [3.8, 4) is 11.4 Å². The van der Waals surface area contributed by atoms with Gasteiger partial charge in [0.25, 0.3) is 11.5 Å². The number of rotatable bonds is 6. The molecule has 3 heterocycles. The normalized spacial score (nSPS) is 11.9. The Bertz CT molecular complexity index is 1710. The van der Waals surface area contributed by atoms with E-state index in [2.05, 4.69) is 25.7 Å². The molecule has 38 heavy (non-hydrogen) atoms. The van der Waals surface area contributed by atoms with Crippen molar-refractivity contribution in [2.45, 2.75) is 19.9 Å². The molecule has 0 fully saturated rings. The van der Waals surface area contributed by atoms with Gasteiger partial charge in [0.1, 0.15) is 40.6 Å². The number of hydrogen-bond donors (Lipinski definition) is 4. The van der Waals surface area contributed by atoms with Crippen LogP contribution in [-0.2, 0) is 0 Å². The third kappa shape index (κ3) is 4.50. The SMILES string of the molecule is Cc1ccn2nc([C@H](C)Nc3ncnc(N)c3C(=O)Nc3cc(O)cc(F)c3)n(-c3ccccc3)c(=O)c12. The number of fused-ring (bicyclic) bond motifs is 1. The van der Waals surface area contributed by atoms with E-state index in [-0.39, 0.29) is 34.2 Å². The van der Waals surface area contributed by atoms with Crippen LogP contribution in [0.1, 0.15) is 34.7 Å². The molecule has 192 valence electrons. The van der Waals surface area contributed by atoms with Gasteiger partial charge in [-0.2, -0.15) is 5.10 Å². The number of nitrogens with two attached hydrogens (primary N) is 1. The summed E-state index contributed by atoms with van der Waals surface area (Å²) < 4.78 is 16.7. The average molecular weight is 515 g/mol. The lowest BCUT2D eigenvalue weighted by molar-refractivity contribution is 0.102. The summed E-state index contributed by atoms with van der Waals surface area (Å²) in [5.74, 6) is -1.52. The number of benzene rings is 2. The summed E-state index contributed by atoms with van der Waals surface area (Å²) in [7, 11) is 0. The zero-order chi connectivity index (χ0) is 27.0. The molecule has 5 rings (SSSR count). The van der Waals surface area contributed by atoms with Crippen molar-refractivity contribution in [3.05, 3.63) is 100 Å². The summed E-state index contributed by atoms with van der Waals surface area (Å²) in [6, 6.07) is 13.4. The summed E-state index contributed by atoms with van der Waals surface area (Å²) in [6.45, 7) is 3.59. The fourth-order valence-electron chi connectivity index (χ4n) is 4.18. The van der Waals surface area contributed by atoms with Gasteiger partial charge in [0.2, 0.25) is 0 Å². The molecule has 0 unspecified atom stereocenters. The Hall–Kier alpha value is -5.26. The maximum atomic E-state index is 13.7. The van der Waals surface area contributed by atoms with Gasteiger partial charge in [-0.3, -0.25) is 14.2 Å². The molecule has 1 atom stereocenters. The topological polar surface area (TPSA) is 152 Å².